The fraction of sp³-hybridized carbons (Fsp3) is 0.294. The van der Waals surface area contributed by atoms with Crippen LogP contribution in [0.15, 0.2) is 78.9 Å². The van der Waals surface area contributed by atoms with Crippen molar-refractivity contribution in [2.24, 2.45) is 11.7 Å². The molecule has 0 radical (unpaired) electrons. The summed E-state index contributed by atoms with van der Waals surface area (Å²) in [6.45, 7) is 3.85. The number of para-hydroxylation sites is 1. The van der Waals surface area contributed by atoms with Crippen LogP contribution >= 0.6 is 0 Å². The Kier molecular flexibility index (Phi) is 8.99. The molecule has 0 bridgehead atoms. The number of aryl methyl sites for hydroxylation is 1. The van der Waals surface area contributed by atoms with Crippen LogP contribution in [0.1, 0.15) is 53.9 Å². The van der Waals surface area contributed by atoms with E-state index in [2.05, 4.69) is 20.9 Å². The summed E-state index contributed by atoms with van der Waals surface area (Å²) in [4.78, 5) is 56.2. The number of aromatic nitrogens is 1. The van der Waals surface area contributed by atoms with E-state index in [-0.39, 0.29) is 24.5 Å². The van der Waals surface area contributed by atoms with Crippen LogP contribution < -0.4 is 21.7 Å². The van der Waals surface area contributed by atoms with Crippen LogP contribution in [0.5, 0.6) is 0 Å². The second-order valence-electron chi connectivity index (χ2n) is 11.3. The number of hydrogen-bond acceptors (Lipinski definition) is 5. The Hall–Kier alpha value is -5.12. The molecule has 0 unspecified atom stereocenters. The summed E-state index contributed by atoms with van der Waals surface area (Å²) < 4.78 is 5.41. The van der Waals surface area contributed by atoms with Gasteiger partial charge >= 0.3 is 6.09 Å². The molecule has 5 rings (SSSR count). The third-order valence-corrected chi connectivity index (χ3v) is 8.37. The third-order valence-electron chi connectivity index (χ3n) is 8.37. The first-order valence-corrected chi connectivity index (χ1v) is 14.8. The summed E-state index contributed by atoms with van der Waals surface area (Å²) in [7, 11) is 0. The van der Waals surface area contributed by atoms with E-state index in [1.807, 2.05) is 68.4 Å². The number of amides is 4. The minimum absolute atomic E-state index is 0.0571. The van der Waals surface area contributed by atoms with E-state index in [0.29, 0.717) is 24.9 Å². The van der Waals surface area contributed by atoms with E-state index in [1.54, 1.807) is 18.2 Å². The van der Waals surface area contributed by atoms with Gasteiger partial charge in [-0.1, -0.05) is 74.9 Å². The second-order valence-corrected chi connectivity index (χ2v) is 11.3. The van der Waals surface area contributed by atoms with Crippen molar-refractivity contribution in [3.63, 3.8) is 0 Å². The van der Waals surface area contributed by atoms with Gasteiger partial charge in [0.25, 0.3) is 0 Å². The highest BCUT2D eigenvalue weighted by atomic mass is 16.5. The first-order valence-electron chi connectivity index (χ1n) is 14.8. The van der Waals surface area contributed by atoms with Gasteiger partial charge < -0.3 is 31.4 Å². The first-order chi connectivity index (χ1) is 21.2. The number of nitrogens with one attached hydrogen (secondary N) is 4. The topological polar surface area (TPSA) is 155 Å². The van der Waals surface area contributed by atoms with E-state index < -0.39 is 35.4 Å². The van der Waals surface area contributed by atoms with Gasteiger partial charge in [-0.25, -0.2) is 4.79 Å². The smallest absolute Gasteiger partial charge is 0.408 e. The maximum absolute atomic E-state index is 14.2. The van der Waals surface area contributed by atoms with Crippen molar-refractivity contribution in [3.05, 3.63) is 101 Å². The van der Waals surface area contributed by atoms with E-state index in [1.165, 1.54) is 6.07 Å². The van der Waals surface area contributed by atoms with Gasteiger partial charge in [0.05, 0.1) is 0 Å². The van der Waals surface area contributed by atoms with Crippen molar-refractivity contribution in [3.8, 4) is 0 Å². The fourth-order valence-corrected chi connectivity index (χ4v) is 5.67. The molecule has 44 heavy (non-hydrogen) atoms. The summed E-state index contributed by atoms with van der Waals surface area (Å²) in [5.41, 5.74) is 8.47. The summed E-state index contributed by atoms with van der Waals surface area (Å²) in [6.07, 6.45) is 0.928. The summed E-state index contributed by atoms with van der Waals surface area (Å²) >= 11 is 0. The van der Waals surface area contributed by atoms with E-state index in [9.17, 15) is 19.2 Å². The number of ether oxygens (including phenoxy) is 1. The number of alkyl carbamates (subject to hydrolysis) is 1. The van der Waals surface area contributed by atoms with Gasteiger partial charge in [0.2, 0.25) is 17.7 Å². The minimum Gasteiger partial charge on any atom is -0.445 e. The molecule has 0 spiro atoms. The molecule has 1 heterocycles. The number of primary amides is 1. The maximum atomic E-state index is 14.2. The van der Waals surface area contributed by atoms with Crippen LogP contribution in [-0.2, 0) is 33.8 Å². The summed E-state index contributed by atoms with van der Waals surface area (Å²) in [5, 5.41) is 9.67. The number of carbonyl (C=O) groups excluding carboxylic acids is 4. The molecule has 6 N–H and O–H groups in total. The molecule has 3 aromatic carbocycles. The Morgan fingerprint density at radius 3 is 2.50 bits per heavy atom. The van der Waals surface area contributed by atoms with Gasteiger partial charge in [-0.2, -0.15) is 0 Å². The molecule has 1 aromatic heterocycles. The van der Waals surface area contributed by atoms with Gasteiger partial charge in [0.1, 0.15) is 18.2 Å². The van der Waals surface area contributed by atoms with Crippen molar-refractivity contribution in [2.75, 3.05) is 5.32 Å². The number of fused-ring (bicyclic) bond motifs is 3. The van der Waals surface area contributed by atoms with Crippen LogP contribution in [0.4, 0.5) is 10.5 Å². The zero-order valence-corrected chi connectivity index (χ0v) is 24.8. The molecule has 0 aliphatic heterocycles. The van der Waals surface area contributed by atoms with Gasteiger partial charge in [-0.3, -0.25) is 14.4 Å². The zero-order chi connectivity index (χ0) is 31.3. The number of benzene rings is 3. The Balaban J connectivity index is 1.42. The molecular formula is C34H37N5O5. The molecule has 0 saturated carbocycles. The van der Waals surface area contributed by atoms with Crippen molar-refractivity contribution in [1.82, 2.24) is 15.6 Å². The maximum Gasteiger partial charge on any atom is 0.408 e. The minimum atomic E-state index is -1.35. The number of hydrogen-bond donors (Lipinski definition) is 5. The normalized spacial score (nSPS) is 17.1. The van der Waals surface area contributed by atoms with Gasteiger partial charge in [-0.05, 0) is 54.2 Å². The molecule has 0 fully saturated rings. The molecule has 1 aliphatic carbocycles. The number of anilines is 1. The predicted octanol–water partition coefficient (Wildman–Crippen LogP) is 4.59. The summed E-state index contributed by atoms with van der Waals surface area (Å²) in [6, 6.07) is 22.5. The van der Waals surface area contributed by atoms with E-state index >= 15 is 0 Å². The predicted molar refractivity (Wildman–Crippen MR) is 168 cm³/mol. The molecule has 4 aromatic rings. The third kappa shape index (κ3) is 6.59. The molecule has 1 aliphatic rings. The van der Waals surface area contributed by atoms with Crippen LogP contribution in [0.3, 0.4) is 0 Å². The molecule has 3 atom stereocenters. The standard InChI is InChI=1S/C34H37N5O5/c1-3-21(2)29(38-33(43)44-20-22-10-5-4-6-11-22)31(41)39-34(32(42)36-24-13-9-12-23(18-24)30(35)40)17-16-28-26(19-34)25-14-7-8-15-27(25)37-28/h4-15,18,21,29,37H,3,16-17,19-20H2,1-2H3,(H2,35,40)(H,36,42)(H,38,43)(H,39,41)/t21-,29-,34-/m0/s1. The summed E-state index contributed by atoms with van der Waals surface area (Å²) in [5.74, 6) is -1.79. The molecule has 10 nitrogen and oxygen atoms in total. The fourth-order valence-electron chi connectivity index (χ4n) is 5.67. The Labute approximate surface area is 255 Å². The molecule has 10 heteroatoms. The lowest BCUT2D eigenvalue weighted by Crippen LogP contribution is -2.64. The second kappa shape index (κ2) is 13.0. The Morgan fingerprint density at radius 1 is 1.00 bits per heavy atom. The zero-order valence-electron chi connectivity index (χ0n) is 24.8. The van der Waals surface area contributed by atoms with Gasteiger partial charge in [-0.15, -0.1) is 0 Å². The SMILES string of the molecule is CC[C@H](C)[C@H](NC(=O)OCc1ccccc1)C(=O)N[C@@]1(C(=O)Nc2cccc(C(N)=O)c2)CCc2[nH]c3ccccc3c2C1. The van der Waals surface area contributed by atoms with E-state index in [4.69, 9.17) is 10.5 Å². The quantitative estimate of drug-likeness (QED) is 0.181. The van der Waals surface area contributed by atoms with Crippen LogP contribution in [-0.4, -0.2) is 40.4 Å². The average molecular weight is 596 g/mol. The molecular weight excluding hydrogens is 558 g/mol. The monoisotopic (exact) mass is 595 g/mol. The number of H-pyrrole nitrogens is 1. The van der Waals surface area contributed by atoms with Crippen molar-refractivity contribution >= 4 is 40.4 Å². The number of carbonyl (C=O) groups is 4. The molecule has 0 saturated heterocycles. The van der Waals surface area contributed by atoms with Crippen LogP contribution in [0.25, 0.3) is 10.9 Å². The van der Waals surface area contributed by atoms with Gasteiger partial charge in [0, 0.05) is 34.3 Å². The largest absolute Gasteiger partial charge is 0.445 e. The first kappa shape index (κ1) is 30.3. The van der Waals surface area contributed by atoms with Crippen LogP contribution in [0.2, 0.25) is 0 Å². The molecule has 228 valence electrons. The van der Waals surface area contributed by atoms with Crippen LogP contribution in [0, 0.1) is 5.92 Å². The average Bonchev–Trinajstić information content (AvgIpc) is 3.40. The van der Waals surface area contributed by atoms with Crippen molar-refractivity contribution in [1.29, 1.82) is 0 Å². The highest BCUT2D eigenvalue weighted by Gasteiger charge is 2.45. The Bertz CT molecular complexity index is 1680. The lowest BCUT2D eigenvalue weighted by molar-refractivity contribution is -0.132. The highest BCUT2D eigenvalue weighted by molar-refractivity contribution is 6.03. The van der Waals surface area contributed by atoms with E-state index in [0.717, 1.165) is 27.7 Å². The number of rotatable bonds is 10. The Morgan fingerprint density at radius 2 is 1.75 bits per heavy atom. The molecule has 4 amide bonds. The van der Waals surface area contributed by atoms with Gasteiger partial charge in [0.15, 0.2) is 0 Å². The van der Waals surface area contributed by atoms with Crippen molar-refractivity contribution < 1.29 is 23.9 Å². The number of nitrogens with two attached hydrogens (primary N) is 1. The van der Waals surface area contributed by atoms with Crippen molar-refractivity contribution in [2.45, 2.75) is 57.7 Å². The highest BCUT2D eigenvalue weighted by Crippen LogP contribution is 2.35. The lowest BCUT2D eigenvalue weighted by atomic mass is 9.78. The lowest BCUT2D eigenvalue weighted by Gasteiger charge is -2.38. The number of aromatic amines is 1.